The third-order valence-electron chi connectivity index (χ3n) is 1.82. The van der Waals surface area contributed by atoms with Gasteiger partial charge >= 0.3 is 0 Å². The van der Waals surface area contributed by atoms with E-state index in [1.165, 1.54) is 0 Å². The molecule has 0 atom stereocenters. The zero-order chi connectivity index (χ0) is 9.42. The SMILES string of the molecule is OCc1cc(Br)c2occ(F)c2c1. The molecule has 2 rings (SSSR count). The summed E-state index contributed by atoms with van der Waals surface area (Å²) in [5.74, 6) is -0.411. The number of fused-ring (bicyclic) bond motifs is 1. The van der Waals surface area contributed by atoms with Gasteiger partial charge in [-0.15, -0.1) is 0 Å². The smallest absolute Gasteiger partial charge is 0.169 e. The number of halogens is 2. The van der Waals surface area contributed by atoms with E-state index in [4.69, 9.17) is 9.52 Å². The molecule has 0 bridgehead atoms. The number of hydrogen-bond donors (Lipinski definition) is 1. The quantitative estimate of drug-likeness (QED) is 0.837. The first-order valence-corrected chi connectivity index (χ1v) is 4.47. The van der Waals surface area contributed by atoms with E-state index >= 15 is 0 Å². The van der Waals surface area contributed by atoms with Gasteiger partial charge in [-0.25, -0.2) is 4.39 Å². The largest absolute Gasteiger partial charge is 0.460 e. The van der Waals surface area contributed by atoms with Gasteiger partial charge in [-0.2, -0.15) is 0 Å². The molecule has 2 nitrogen and oxygen atoms in total. The summed E-state index contributed by atoms with van der Waals surface area (Å²) in [5.41, 5.74) is 1.12. The molecule has 0 saturated carbocycles. The van der Waals surface area contributed by atoms with E-state index in [0.29, 0.717) is 21.0 Å². The van der Waals surface area contributed by atoms with E-state index in [1.807, 2.05) is 0 Å². The van der Waals surface area contributed by atoms with E-state index in [0.717, 1.165) is 6.26 Å². The van der Waals surface area contributed by atoms with Crippen LogP contribution >= 0.6 is 15.9 Å². The summed E-state index contributed by atoms with van der Waals surface area (Å²) in [6.45, 7) is -0.112. The van der Waals surface area contributed by atoms with Gasteiger partial charge in [-0.1, -0.05) is 0 Å². The molecule has 1 aromatic heterocycles. The lowest BCUT2D eigenvalue weighted by Gasteiger charge is -1.97. The van der Waals surface area contributed by atoms with Crippen LogP contribution in [0.4, 0.5) is 4.39 Å². The maximum absolute atomic E-state index is 13.0. The van der Waals surface area contributed by atoms with Gasteiger partial charge < -0.3 is 9.52 Å². The number of hydrogen-bond acceptors (Lipinski definition) is 2. The fraction of sp³-hybridized carbons (Fsp3) is 0.111. The first-order chi connectivity index (χ1) is 6.22. The molecule has 0 aliphatic carbocycles. The van der Waals surface area contributed by atoms with E-state index in [1.54, 1.807) is 12.1 Å². The standard InChI is InChI=1S/C9H6BrFO2/c10-7-2-5(3-12)1-6-8(11)4-13-9(6)7/h1-2,4,12H,3H2. The van der Waals surface area contributed by atoms with Crippen LogP contribution in [0.25, 0.3) is 11.0 Å². The topological polar surface area (TPSA) is 33.4 Å². The average Bonchev–Trinajstić information content (AvgIpc) is 2.48. The van der Waals surface area contributed by atoms with Crippen molar-refractivity contribution < 1.29 is 13.9 Å². The molecule has 68 valence electrons. The van der Waals surface area contributed by atoms with Crippen molar-refractivity contribution in [1.29, 1.82) is 0 Å². The molecule has 1 N–H and O–H groups in total. The number of rotatable bonds is 1. The van der Waals surface area contributed by atoms with Crippen molar-refractivity contribution in [3.8, 4) is 0 Å². The van der Waals surface area contributed by atoms with Crippen molar-refractivity contribution in [2.24, 2.45) is 0 Å². The van der Waals surface area contributed by atoms with Gasteiger partial charge in [0.25, 0.3) is 0 Å². The van der Waals surface area contributed by atoms with Crippen LogP contribution < -0.4 is 0 Å². The summed E-state index contributed by atoms with van der Waals surface area (Å²) in [5, 5.41) is 9.26. The Hall–Kier alpha value is -0.870. The van der Waals surface area contributed by atoms with Crippen molar-refractivity contribution in [3.63, 3.8) is 0 Å². The first-order valence-electron chi connectivity index (χ1n) is 3.68. The molecule has 0 aliphatic rings. The second-order valence-electron chi connectivity index (χ2n) is 2.70. The second-order valence-corrected chi connectivity index (χ2v) is 3.55. The minimum Gasteiger partial charge on any atom is -0.460 e. The molecule has 0 radical (unpaired) electrons. The van der Waals surface area contributed by atoms with E-state index in [-0.39, 0.29) is 6.61 Å². The average molecular weight is 245 g/mol. The molecular weight excluding hydrogens is 239 g/mol. The van der Waals surface area contributed by atoms with Crippen molar-refractivity contribution in [2.75, 3.05) is 0 Å². The Kier molecular flexibility index (Phi) is 2.09. The fourth-order valence-corrected chi connectivity index (χ4v) is 1.81. The maximum Gasteiger partial charge on any atom is 0.169 e. The molecule has 4 heteroatoms. The van der Waals surface area contributed by atoms with Crippen molar-refractivity contribution in [1.82, 2.24) is 0 Å². The second kappa shape index (κ2) is 3.12. The Morgan fingerprint density at radius 1 is 1.46 bits per heavy atom. The summed E-state index contributed by atoms with van der Waals surface area (Å²) in [4.78, 5) is 0. The van der Waals surface area contributed by atoms with Crippen LogP contribution in [0.2, 0.25) is 0 Å². The van der Waals surface area contributed by atoms with Crippen LogP contribution in [-0.4, -0.2) is 5.11 Å². The van der Waals surface area contributed by atoms with Gasteiger partial charge in [-0.3, -0.25) is 0 Å². The third kappa shape index (κ3) is 1.36. The Labute approximate surface area is 82.1 Å². The Morgan fingerprint density at radius 2 is 2.23 bits per heavy atom. The summed E-state index contributed by atoms with van der Waals surface area (Å²) in [6.07, 6.45) is 1.05. The van der Waals surface area contributed by atoms with Crippen LogP contribution in [0, 0.1) is 5.82 Å². The number of furan rings is 1. The van der Waals surface area contributed by atoms with Crippen LogP contribution in [0.15, 0.2) is 27.3 Å². The number of aliphatic hydroxyl groups is 1. The molecule has 0 fully saturated rings. The van der Waals surface area contributed by atoms with Crippen LogP contribution in [0.5, 0.6) is 0 Å². The zero-order valence-corrected chi connectivity index (χ0v) is 8.14. The summed E-state index contributed by atoms with van der Waals surface area (Å²) < 4.78 is 18.7. The van der Waals surface area contributed by atoms with Gasteiger partial charge in [0.05, 0.1) is 16.5 Å². The predicted molar refractivity (Wildman–Crippen MR) is 49.8 cm³/mol. The highest BCUT2D eigenvalue weighted by Crippen LogP contribution is 2.28. The van der Waals surface area contributed by atoms with E-state index in [9.17, 15) is 4.39 Å². The summed E-state index contributed by atoms with van der Waals surface area (Å²) in [7, 11) is 0. The van der Waals surface area contributed by atoms with Crippen LogP contribution in [0.1, 0.15) is 5.56 Å². The summed E-state index contributed by atoms with van der Waals surface area (Å²) in [6, 6.07) is 3.27. The predicted octanol–water partition coefficient (Wildman–Crippen LogP) is 2.83. The molecule has 0 aliphatic heterocycles. The molecule has 0 unspecified atom stereocenters. The number of benzene rings is 1. The molecular formula is C9H6BrFO2. The Bertz CT molecular complexity index is 450. The van der Waals surface area contributed by atoms with Gasteiger partial charge in [-0.05, 0) is 33.6 Å². The third-order valence-corrected chi connectivity index (χ3v) is 2.41. The lowest BCUT2D eigenvalue weighted by atomic mass is 10.2. The Morgan fingerprint density at radius 3 is 2.92 bits per heavy atom. The van der Waals surface area contributed by atoms with Gasteiger partial charge in [0.15, 0.2) is 11.4 Å². The lowest BCUT2D eigenvalue weighted by Crippen LogP contribution is -1.83. The van der Waals surface area contributed by atoms with E-state index in [2.05, 4.69) is 15.9 Å². The van der Waals surface area contributed by atoms with Gasteiger partial charge in [0.2, 0.25) is 0 Å². The molecule has 1 heterocycles. The number of aliphatic hydroxyl groups excluding tert-OH is 1. The summed E-state index contributed by atoms with van der Waals surface area (Å²) >= 11 is 3.23. The molecule has 2 aromatic rings. The Balaban J connectivity index is 2.80. The lowest BCUT2D eigenvalue weighted by molar-refractivity contribution is 0.282. The van der Waals surface area contributed by atoms with Gasteiger partial charge in [0.1, 0.15) is 6.26 Å². The molecule has 1 aromatic carbocycles. The van der Waals surface area contributed by atoms with Crippen LogP contribution in [0.3, 0.4) is 0 Å². The molecule has 0 spiro atoms. The first kappa shape index (κ1) is 8.72. The van der Waals surface area contributed by atoms with Crippen molar-refractivity contribution in [2.45, 2.75) is 6.61 Å². The fourth-order valence-electron chi connectivity index (χ4n) is 1.21. The monoisotopic (exact) mass is 244 g/mol. The van der Waals surface area contributed by atoms with E-state index < -0.39 is 5.82 Å². The molecule has 13 heavy (non-hydrogen) atoms. The minimum atomic E-state index is -0.411. The van der Waals surface area contributed by atoms with Crippen molar-refractivity contribution >= 4 is 26.9 Å². The van der Waals surface area contributed by atoms with Gasteiger partial charge in [0, 0.05) is 0 Å². The zero-order valence-electron chi connectivity index (χ0n) is 6.55. The van der Waals surface area contributed by atoms with Crippen molar-refractivity contribution in [3.05, 3.63) is 34.2 Å². The normalized spacial score (nSPS) is 11.0. The van der Waals surface area contributed by atoms with Crippen LogP contribution in [-0.2, 0) is 6.61 Å². The molecule has 0 amide bonds. The molecule has 0 saturated heterocycles. The maximum atomic E-state index is 13.0. The highest BCUT2D eigenvalue weighted by molar-refractivity contribution is 9.10. The minimum absolute atomic E-state index is 0.112. The highest BCUT2D eigenvalue weighted by atomic mass is 79.9. The highest BCUT2D eigenvalue weighted by Gasteiger charge is 2.09.